The van der Waals surface area contributed by atoms with E-state index in [1.54, 1.807) is 30.0 Å². The smallest absolute Gasteiger partial charge is 0.305 e. The van der Waals surface area contributed by atoms with Crippen LogP contribution in [0.25, 0.3) is 0 Å². The van der Waals surface area contributed by atoms with Gasteiger partial charge in [-0.25, -0.2) is 4.39 Å². The molecule has 3 aromatic carbocycles. The Bertz CT molecular complexity index is 1860. The van der Waals surface area contributed by atoms with E-state index in [1.165, 1.54) is 40.5 Å². The Morgan fingerprint density at radius 3 is 2.48 bits per heavy atom. The summed E-state index contributed by atoms with van der Waals surface area (Å²) in [6.45, 7) is -0.169. The van der Waals surface area contributed by atoms with Crippen LogP contribution >= 0.6 is 23.1 Å². The number of hydrogen-bond donors (Lipinski definition) is 2. The molecular weight excluding hydrogens is 602 g/mol. The Balaban J connectivity index is 1.10. The molecule has 4 aliphatic rings. The van der Waals surface area contributed by atoms with E-state index in [2.05, 4.69) is 10.3 Å². The maximum atomic E-state index is 13.9. The molecule has 222 valence electrons. The van der Waals surface area contributed by atoms with E-state index in [-0.39, 0.29) is 58.1 Å². The molecule has 2 N–H and O–H groups in total. The first-order valence-electron chi connectivity index (χ1n) is 14.5. The van der Waals surface area contributed by atoms with Gasteiger partial charge in [-0.1, -0.05) is 41.7 Å². The molecule has 3 heterocycles. The number of carbonyl (C=O) groups excluding carboxylic acids is 3. The molecule has 1 aromatic heterocycles. The fourth-order valence-corrected chi connectivity index (χ4v) is 10.8. The molecule has 2 aliphatic heterocycles. The van der Waals surface area contributed by atoms with E-state index < -0.39 is 17.7 Å². The van der Waals surface area contributed by atoms with Crippen molar-refractivity contribution < 1.29 is 23.5 Å². The number of thioether (sulfide) groups is 1. The van der Waals surface area contributed by atoms with Crippen molar-refractivity contribution in [2.75, 3.05) is 16.8 Å². The van der Waals surface area contributed by atoms with Gasteiger partial charge in [-0.3, -0.25) is 24.1 Å². The van der Waals surface area contributed by atoms with Gasteiger partial charge in [-0.2, -0.15) is 0 Å². The number of ether oxygens (including phenoxy) is 1. The summed E-state index contributed by atoms with van der Waals surface area (Å²) in [6, 6.07) is 22.2. The summed E-state index contributed by atoms with van der Waals surface area (Å²) in [4.78, 5) is 57.8. The summed E-state index contributed by atoms with van der Waals surface area (Å²) in [6.07, 6.45) is 0.762. The molecular formula is C33H26FN3O5S2. The van der Waals surface area contributed by atoms with Gasteiger partial charge >= 0.3 is 4.87 Å². The molecule has 2 saturated carbocycles. The van der Waals surface area contributed by atoms with Crippen LogP contribution in [-0.2, 0) is 14.4 Å². The molecule has 8 nitrogen and oxygen atoms in total. The van der Waals surface area contributed by atoms with Crippen molar-refractivity contribution in [1.82, 2.24) is 4.98 Å². The maximum Gasteiger partial charge on any atom is 0.305 e. The number of nitrogens with one attached hydrogen (secondary N) is 2. The van der Waals surface area contributed by atoms with Crippen molar-refractivity contribution in [2.24, 2.45) is 29.6 Å². The van der Waals surface area contributed by atoms with E-state index in [4.69, 9.17) is 4.74 Å². The minimum Gasteiger partial charge on any atom is -0.484 e. The van der Waals surface area contributed by atoms with Gasteiger partial charge in [0.25, 0.3) is 5.91 Å². The molecule has 0 radical (unpaired) electrons. The number of carbonyl (C=O) groups is 3. The molecule has 8 rings (SSSR count). The second kappa shape index (κ2) is 10.4. The third-order valence-corrected chi connectivity index (χ3v) is 12.0. The van der Waals surface area contributed by atoms with Gasteiger partial charge in [-0.05, 0) is 78.3 Å². The number of thiazole rings is 1. The van der Waals surface area contributed by atoms with E-state index in [0.29, 0.717) is 17.1 Å². The molecule has 2 bridgehead atoms. The summed E-state index contributed by atoms with van der Waals surface area (Å²) >= 11 is 2.80. The fraction of sp³-hybridized carbons (Fsp3) is 0.273. The topological polar surface area (TPSA) is 109 Å². The van der Waals surface area contributed by atoms with Crippen LogP contribution in [0.2, 0.25) is 0 Å². The predicted molar refractivity (Wildman–Crippen MR) is 164 cm³/mol. The van der Waals surface area contributed by atoms with Gasteiger partial charge in [0.2, 0.25) is 11.8 Å². The van der Waals surface area contributed by atoms with Crippen LogP contribution in [0.1, 0.15) is 22.8 Å². The predicted octanol–water partition coefficient (Wildman–Crippen LogP) is 5.27. The van der Waals surface area contributed by atoms with Crippen molar-refractivity contribution in [2.45, 2.75) is 22.6 Å². The maximum absolute atomic E-state index is 13.9. The number of hydrogen-bond acceptors (Lipinski definition) is 7. The highest BCUT2D eigenvalue weighted by Crippen LogP contribution is 2.68. The highest BCUT2D eigenvalue weighted by atomic mass is 32.2. The second-order valence-corrected chi connectivity index (χ2v) is 13.9. The lowest BCUT2D eigenvalue weighted by molar-refractivity contribution is -0.123. The van der Waals surface area contributed by atoms with E-state index in [0.717, 1.165) is 21.9 Å². The zero-order chi connectivity index (χ0) is 30.1. The monoisotopic (exact) mass is 627 g/mol. The summed E-state index contributed by atoms with van der Waals surface area (Å²) < 4.78 is 19.5. The number of amides is 3. The minimum atomic E-state index is -0.458. The molecule has 7 atom stereocenters. The van der Waals surface area contributed by atoms with E-state index in [9.17, 15) is 23.6 Å². The SMILES string of the molecule is O=C(COc1cccc([C@H]2c3sc(=O)[nH]c3SC3C4CC(C5C(=O)N(c6ccc(F)cc6)C(=O)C45)C32)c1)Nc1ccccc1. The number of rotatable bonds is 6. The summed E-state index contributed by atoms with van der Waals surface area (Å²) in [7, 11) is 0. The largest absolute Gasteiger partial charge is 0.484 e. The Morgan fingerprint density at radius 2 is 1.70 bits per heavy atom. The average Bonchev–Trinajstić information content (AvgIpc) is 3.76. The second-order valence-electron chi connectivity index (χ2n) is 11.7. The first-order chi connectivity index (χ1) is 21.4. The molecule has 44 heavy (non-hydrogen) atoms. The lowest BCUT2D eigenvalue weighted by atomic mass is 9.68. The van der Waals surface area contributed by atoms with Crippen molar-refractivity contribution in [1.29, 1.82) is 0 Å². The number of fused-ring (bicyclic) bond motifs is 9. The van der Waals surface area contributed by atoms with Crippen molar-refractivity contribution in [3.63, 3.8) is 0 Å². The third-order valence-electron chi connectivity index (χ3n) is 9.45. The van der Waals surface area contributed by atoms with Crippen molar-refractivity contribution in [3.8, 4) is 5.75 Å². The van der Waals surface area contributed by atoms with Crippen molar-refractivity contribution >= 4 is 52.2 Å². The van der Waals surface area contributed by atoms with E-state index >= 15 is 0 Å². The molecule has 4 aromatic rings. The summed E-state index contributed by atoms with van der Waals surface area (Å²) in [5, 5.41) is 3.67. The van der Waals surface area contributed by atoms with Crippen LogP contribution in [0.15, 0.2) is 88.7 Å². The summed E-state index contributed by atoms with van der Waals surface area (Å²) in [5.74, 6) is -1.76. The Labute approximate surface area is 259 Å². The number of aromatic nitrogens is 1. The number of aromatic amines is 1. The molecule has 1 saturated heterocycles. The number of benzene rings is 3. The van der Waals surface area contributed by atoms with Crippen LogP contribution in [0.5, 0.6) is 5.75 Å². The van der Waals surface area contributed by atoms with Gasteiger partial charge in [0, 0.05) is 21.7 Å². The Kier molecular flexibility index (Phi) is 6.49. The van der Waals surface area contributed by atoms with Gasteiger partial charge in [-0.15, -0.1) is 11.8 Å². The zero-order valence-electron chi connectivity index (χ0n) is 23.1. The number of imide groups is 1. The number of halogens is 1. The third kappa shape index (κ3) is 4.32. The molecule has 0 spiro atoms. The normalized spacial score (nSPS) is 28.0. The standard InChI is InChI=1S/C33H26FN3O5S2/c34-17-9-11-19(12-10-17)37-31(39)26-21-14-22(27(26)32(37)40)28-25(21)24(29-30(43-28)36-33(41)44-29)16-5-4-8-20(13-16)42-15-23(38)35-18-6-2-1-3-7-18/h1-13,21-22,24-28H,14-15H2,(H,35,38)(H,36,41)/t21?,22?,24-,25?,26?,27?,28?/m1/s1. The van der Waals surface area contributed by atoms with E-state index in [1.807, 2.05) is 36.4 Å². The van der Waals surface area contributed by atoms with Gasteiger partial charge < -0.3 is 15.0 Å². The fourth-order valence-electron chi connectivity index (χ4n) is 7.90. The summed E-state index contributed by atoms with van der Waals surface area (Å²) in [5.41, 5.74) is 2.02. The highest BCUT2D eigenvalue weighted by molar-refractivity contribution is 8.00. The number of nitrogens with zero attached hydrogens (tertiary/aromatic N) is 1. The lowest BCUT2D eigenvalue weighted by Crippen LogP contribution is -2.42. The zero-order valence-corrected chi connectivity index (χ0v) is 24.8. The number of anilines is 2. The Morgan fingerprint density at radius 1 is 0.955 bits per heavy atom. The van der Waals surface area contributed by atoms with Crippen LogP contribution in [0.4, 0.5) is 15.8 Å². The first-order valence-corrected chi connectivity index (χ1v) is 16.2. The number of H-pyrrole nitrogens is 1. The molecule has 6 unspecified atom stereocenters. The molecule has 3 amide bonds. The van der Waals surface area contributed by atoms with Crippen LogP contribution in [-0.4, -0.2) is 34.6 Å². The first kappa shape index (κ1) is 27.3. The van der Waals surface area contributed by atoms with Gasteiger partial charge in [0.05, 0.1) is 22.5 Å². The van der Waals surface area contributed by atoms with Gasteiger partial charge in [0.1, 0.15) is 11.6 Å². The Hall–Kier alpha value is -4.22. The van der Waals surface area contributed by atoms with Gasteiger partial charge in [0.15, 0.2) is 6.61 Å². The molecule has 3 fully saturated rings. The molecule has 11 heteroatoms. The van der Waals surface area contributed by atoms with Crippen LogP contribution in [0.3, 0.4) is 0 Å². The van der Waals surface area contributed by atoms with Crippen LogP contribution < -0.4 is 19.8 Å². The molecule has 2 aliphatic carbocycles. The highest BCUT2D eigenvalue weighted by Gasteiger charge is 2.69. The minimum absolute atomic E-state index is 0.0201. The van der Waals surface area contributed by atoms with Crippen LogP contribution in [0, 0.1) is 35.4 Å². The number of para-hydroxylation sites is 1. The lowest BCUT2D eigenvalue weighted by Gasteiger charge is -2.43. The van der Waals surface area contributed by atoms with Crippen molar-refractivity contribution in [3.05, 3.63) is 105 Å². The quantitative estimate of drug-likeness (QED) is 0.282. The average molecular weight is 628 g/mol.